The Morgan fingerprint density at radius 3 is 1.80 bits per heavy atom. The van der Waals surface area contributed by atoms with Crippen molar-refractivity contribution >= 4 is 10.0 Å². The predicted molar refractivity (Wildman–Crippen MR) is 39.8 cm³/mol. The van der Waals surface area contributed by atoms with E-state index in [1.54, 1.807) is 13.8 Å². The molecule has 0 aromatic rings. The van der Waals surface area contributed by atoms with Gasteiger partial charge in [0.2, 0.25) is 10.0 Å². The van der Waals surface area contributed by atoms with Crippen molar-refractivity contribution in [3.8, 4) is 0 Å². The van der Waals surface area contributed by atoms with Gasteiger partial charge >= 0.3 is 0 Å². The first-order valence-corrected chi connectivity index (χ1v) is 4.81. The average molecular weight is 165 g/mol. The van der Waals surface area contributed by atoms with Crippen LogP contribution in [-0.4, -0.2) is 31.7 Å². The van der Waals surface area contributed by atoms with Crippen LogP contribution in [0.25, 0.3) is 0 Å². The van der Waals surface area contributed by atoms with Gasteiger partial charge in [0, 0.05) is 13.1 Å². The van der Waals surface area contributed by atoms with Crippen molar-refractivity contribution in [3.63, 3.8) is 0 Å². The molecule has 0 fully saturated rings. The number of rotatable bonds is 4. The van der Waals surface area contributed by atoms with Crippen LogP contribution in [0.15, 0.2) is 0 Å². The summed E-state index contributed by atoms with van der Waals surface area (Å²) in [6.07, 6.45) is 0. The van der Waals surface area contributed by atoms with Gasteiger partial charge in [-0.05, 0) is 0 Å². The van der Waals surface area contributed by atoms with Gasteiger partial charge < -0.3 is 0 Å². The summed E-state index contributed by atoms with van der Waals surface area (Å²) in [7, 11) is -3.26. The van der Waals surface area contributed by atoms with Gasteiger partial charge in [0.05, 0.1) is 0 Å². The van der Waals surface area contributed by atoms with Crippen molar-refractivity contribution in [2.24, 2.45) is 0 Å². The highest BCUT2D eigenvalue weighted by Crippen LogP contribution is 1.97. The zero-order chi connectivity index (χ0) is 8.20. The summed E-state index contributed by atoms with van der Waals surface area (Å²) >= 11 is 0. The monoisotopic (exact) mass is 165 g/mol. The standard InChI is InChI=1S/C5H13N2O2S/c1-3-7(4-2)10(8,9)5-6/h6H,3-5H2,1-2H3. The van der Waals surface area contributed by atoms with E-state index in [0.717, 1.165) is 0 Å². The fraction of sp³-hybridized carbons (Fsp3) is 1.00. The van der Waals surface area contributed by atoms with Crippen LogP contribution in [0.1, 0.15) is 13.8 Å². The Kier molecular flexibility index (Phi) is 3.85. The maximum atomic E-state index is 10.9. The van der Waals surface area contributed by atoms with Gasteiger partial charge in [-0.15, -0.1) is 0 Å². The molecule has 0 unspecified atom stereocenters. The highest BCUT2D eigenvalue weighted by atomic mass is 32.2. The van der Waals surface area contributed by atoms with Gasteiger partial charge in [-0.1, -0.05) is 13.8 Å². The smallest absolute Gasteiger partial charge is 0.228 e. The van der Waals surface area contributed by atoms with E-state index in [4.69, 9.17) is 5.73 Å². The van der Waals surface area contributed by atoms with Crippen molar-refractivity contribution in [3.05, 3.63) is 0 Å². The molecule has 0 aromatic heterocycles. The summed E-state index contributed by atoms with van der Waals surface area (Å²) in [5.74, 6) is -0.547. The lowest BCUT2D eigenvalue weighted by molar-refractivity contribution is 0.445. The van der Waals surface area contributed by atoms with Gasteiger partial charge in [-0.3, -0.25) is 0 Å². The minimum Gasteiger partial charge on any atom is -0.240 e. The molecule has 0 aliphatic heterocycles. The molecule has 1 N–H and O–H groups in total. The first-order valence-electron chi connectivity index (χ1n) is 3.20. The first kappa shape index (κ1) is 9.87. The fourth-order valence-corrected chi connectivity index (χ4v) is 1.68. The summed E-state index contributed by atoms with van der Waals surface area (Å²) in [6, 6.07) is 0. The Morgan fingerprint density at radius 2 is 1.70 bits per heavy atom. The van der Waals surface area contributed by atoms with Crippen molar-refractivity contribution < 1.29 is 8.42 Å². The van der Waals surface area contributed by atoms with E-state index < -0.39 is 15.9 Å². The second kappa shape index (κ2) is 3.90. The lowest BCUT2D eigenvalue weighted by atomic mass is 10.7. The summed E-state index contributed by atoms with van der Waals surface area (Å²) < 4.78 is 23.1. The molecule has 61 valence electrons. The van der Waals surface area contributed by atoms with E-state index in [1.807, 2.05) is 0 Å². The van der Waals surface area contributed by atoms with Crippen LogP contribution in [0.5, 0.6) is 0 Å². The van der Waals surface area contributed by atoms with E-state index in [-0.39, 0.29) is 0 Å². The molecule has 0 amide bonds. The normalized spacial score (nSPS) is 12.4. The molecule has 0 aliphatic carbocycles. The zero-order valence-electron chi connectivity index (χ0n) is 6.29. The molecule has 0 rings (SSSR count). The van der Waals surface area contributed by atoms with Crippen LogP contribution >= 0.6 is 0 Å². The summed E-state index contributed by atoms with van der Waals surface area (Å²) in [6.45, 7) is 4.43. The molecule has 0 spiro atoms. The molecule has 0 saturated heterocycles. The molecule has 1 radical (unpaired) electrons. The predicted octanol–water partition coefficient (Wildman–Crippen LogP) is -0.102. The van der Waals surface area contributed by atoms with Crippen molar-refractivity contribution in [1.82, 2.24) is 10.0 Å². The Morgan fingerprint density at radius 1 is 1.30 bits per heavy atom. The molecule has 0 heterocycles. The van der Waals surface area contributed by atoms with E-state index in [0.29, 0.717) is 13.1 Å². The third-order valence-electron chi connectivity index (χ3n) is 1.28. The molecule has 0 saturated carbocycles. The highest BCUT2D eigenvalue weighted by Gasteiger charge is 2.15. The van der Waals surface area contributed by atoms with Gasteiger partial charge in [-0.2, -0.15) is 0 Å². The molecule has 0 aliphatic rings. The molecule has 4 nitrogen and oxygen atoms in total. The molecule has 10 heavy (non-hydrogen) atoms. The number of nitrogens with zero attached hydrogens (tertiary/aromatic N) is 1. The average Bonchev–Trinajstić information content (AvgIpc) is 1.90. The SMILES string of the molecule is CCN(CC)S(=O)(=O)C[NH]. The quantitative estimate of drug-likeness (QED) is 0.584. The van der Waals surface area contributed by atoms with Crippen LogP contribution in [0.2, 0.25) is 0 Å². The number of hydrogen-bond acceptors (Lipinski definition) is 2. The van der Waals surface area contributed by atoms with Gasteiger partial charge in [0.1, 0.15) is 5.88 Å². The molecular formula is C5H13N2O2S. The second-order valence-electron chi connectivity index (χ2n) is 1.84. The second-order valence-corrected chi connectivity index (χ2v) is 3.81. The topological polar surface area (TPSA) is 61.2 Å². The van der Waals surface area contributed by atoms with Gasteiger partial charge in [0.25, 0.3) is 0 Å². The number of nitrogens with one attached hydrogen (secondary N) is 1. The van der Waals surface area contributed by atoms with Crippen LogP contribution in [0, 0.1) is 0 Å². The van der Waals surface area contributed by atoms with Crippen LogP contribution in [0.3, 0.4) is 0 Å². The summed E-state index contributed by atoms with van der Waals surface area (Å²) in [4.78, 5) is 0. The third kappa shape index (κ3) is 2.24. The third-order valence-corrected chi connectivity index (χ3v) is 2.95. The number of hydrogen-bond donors (Lipinski definition) is 0. The van der Waals surface area contributed by atoms with E-state index in [1.165, 1.54) is 4.31 Å². The maximum Gasteiger partial charge on any atom is 0.228 e. The van der Waals surface area contributed by atoms with Crippen molar-refractivity contribution in [1.29, 1.82) is 0 Å². The van der Waals surface area contributed by atoms with Crippen LogP contribution in [-0.2, 0) is 10.0 Å². The minimum atomic E-state index is -3.26. The van der Waals surface area contributed by atoms with Crippen molar-refractivity contribution in [2.45, 2.75) is 13.8 Å². The van der Waals surface area contributed by atoms with Crippen LogP contribution < -0.4 is 5.73 Å². The Bertz CT molecular complexity index is 172. The fourth-order valence-electron chi connectivity index (χ4n) is 0.708. The van der Waals surface area contributed by atoms with Gasteiger partial charge in [-0.25, -0.2) is 18.5 Å². The minimum absolute atomic E-state index is 0.456. The molecular weight excluding hydrogens is 152 g/mol. The summed E-state index contributed by atoms with van der Waals surface area (Å²) in [5.41, 5.74) is 6.71. The highest BCUT2D eigenvalue weighted by molar-refractivity contribution is 7.89. The molecule has 0 aromatic carbocycles. The first-order chi connectivity index (χ1) is 4.58. The van der Waals surface area contributed by atoms with E-state index >= 15 is 0 Å². The lowest BCUT2D eigenvalue weighted by Gasteiger charge is -2.15. The molecule has 0 atom stereocenters. The Balaban J connectivity index is 4.28. The van der Waals surface area contributed by atoms with E-state index in [2.05, 4.69) is 0 Å². The molecule has 0 bridgehead atoms. The lowest BCUT2D eigenvalue weighted by Crippen LogP contribution is -2.32. The molecule has 5 heteroatoms. The van der Waals surface area contributed by atoms with E-state index in [9.17, 15) is 8.42 Å². The number of sulfonamides is 1. The largest absolute Gasteiger partial charge is 0.240 e. The maximum absolute atomic E-state index is 10.9. The Hall–Kier alpha value is -0.130. The van der Waals surface area contributed by atoms with Crippen molar-refractivity contribution in [2.75, 3.05) is 19.0 Å². The van der Waals surface area contributed by atoms with Crippen LogP contribution in [0.4, 0.5) is 0 Å². The van der Waals surface area contributed by atoms with Gasteiger partial charge in [0.15, 0.2) is 0 Å². The Labute approximate surface area is 62.1 Å². The zero-order valence-corrected chi connectivity index (χ0v) is 7.11. The summed E-state index contributed by atoms with van der Waals surface area (Å²) in [5, 5.41) is 0.